The molecule has 0 saturated carbocycles. The van der Waals surface area contributed by atoms with E-state index >= 15 is 0 Å². The largest absolute Gasteiger partial charge is 0.311 e. The fourth-order valence-electron chi connectivity index (χ4n) is 2.38. The summed E-state index contributed by atoms with van der Waals surface area (Å²) in [6, 6.07) is 7.80. The van der Waals surface area contributed by atoms with Crippen molar-refractivity contribution < 1.29 is 4.39 Å². The second-order valence-corrected chi connectivity index (χ2v) is 4.73. The van der Waals surface area contributed by atoms with E-state index in [0.717, 1.165) is 30.5 Å². The molecule has 0 radical (unpaired) electrons. The highest BCUT2D eigenvalue weighted by molar-refractivity contribution is 5.25. The monoisotopic (exact) mass is 221 g/mol. The van der Waals surface area contributed by atoms with Crippen molar-refractivity contribution in [3.05, 3.63) is 35.4 Å². The number of hydrogen-bond donors (Lipinski definition) is 1. The molecular formula is C14H20FN. The molecule has 0 spiro atoms. The van der Waals surface area contributed by atoms with Gasteiger partial charge < -0.3 is 5.32 Å². The first-order valence-corrected chi connectivity index (χ1v) is 6.21. The van der Waals surface area contributed by atoms with Crippen LogP contribution in [0.3, 0.4) is 0 Å². The highest BCUT2D eigenvalue weighted by Gasteiger charge is 2.23. The van der Waals surface area contributed by atoms with Gasteiger partial charge in [0.05, 0.1) is 0 Å². The average Bonchev–Trinajstić information content (AvgIpc) is 2.56. The van der Waals surface area contributed by atoms with Gasteiger partial charge in [-0.1, -0.05) is 42.7 Å². The minimum atomic E-state index is -0.863. The zero-order valence-corrected chi connectivity index (χ0v) is 9.88. The van der Waals surface area contributed by atoms with Crippen LogP contribution >= 0.6 is 0 Å². The zero-order valence-electron chi connectivity index (χ0n) is 9.88. The minimum absolute atomic E-state index is 0.00398. The quantitative estimate of drug-likeness (QED) is 0.805. The second kappa shape index (κ2) is 5.44. The van der Waals surface area contributed by atoms with Gasteiger partial charge in [0.2, 0.25) is 0 Å². The van der Waals surface area contributed by atoms with Crippen LogP contribution in [0.1, 0.15) is 43.0 Å². The van der Waals surface area contributed by atoms with Crippen molar-refractivity contribution in [1.29, 1.82) is 0 Å². The molecule has 1 nitrogen and oxygen atoms in total. The van der Waals surface area contributed by atoms with E-state index in [2.05, 4.69) is 5.32 Å². The lowest BCUT2D eigenvalue weighted by atomic mass is 9.98. The summed E-state index contributed by atoms with van der Waals surface area (Å²) >= 11 is 0. The lowest BCUT2D eigenvalue weighted by Gasteiger charge is -2.21. The molecule has 0 bridgehead atoms. The Balaban J connectivity index is 2.07. The number of rotatable bonds is 2. The molecule has 1 saturated heterocycles. The van der Waals surface area contributed by atoms with Gasteiger partial charge in [-0.05, 0) is 31.9 Å². The molecule has 88 valence electrons. The first-order chi connectivity index (χ1) is 7.77. The topological polar surface area (TPSA) is 12.0 Å². The van der Waals surface area contributed by atoms with Gasteiger partial charge in [-0.3, -0.25) is 0 Å². The standard InChI is InChI=1S/C14H20FN/c1-11-6-5-7-12(10-11)14(15)13-8-3-2-4-9-16-13/h5-7,10,13-14,16H,2-4,8-9H2,1H3. The number of hydrogen-bond acceptors (Lipinski definition) is 1. The van der Waals surface area contributed by atoms with E-state index in [4.69, 9.17) is 0 Å². The van der Waals surface area contributed by atoms with E-state index < -0.39 is 6.17 Å². The Hall–Kier alpha value is -0.890. The third kappa shape index (κ3) is 2.82. The Kier molecular flexibility index (Phi) is 3.94. The van der Waals surface area contributed by atoms with Crippen molar-refractivity contribution in [2.45, 2.75) is 44.8 Å². The highest BCUT2D eigenvalue weighted by atomic mass is 19.1. The Morgan fingerprint density at radius 2 is 2.19 bits per heavy atom. The van der Waals surface area contributed by atoms with E-state index in [9.17, 15) is 4.39 Å². The van der Waals surface area contributed by atoms with Crippen LogP contribution in [-0.4, -0.2) is 12.6 Å². The Labute approximate surface area is 97.1 Å². The number of alkyl halides is 1. The molecule has 1 N–H and O–H groups in total. The van der Waals surface area contributed by atoms with Crippen LogP contribution in [0.5, 0.6) is 0 Å². The van der Waals surface area contributed by atoms with Gasteiger partial charge in [-0.25, -0.2) is 4.39 Å². The van der Waals surface area contributed by atoms with Crippen molar-refractivity contribution in [1.82, 2.24) is 5.32 Å². The number of halogens is 1. The molecule has 2 heteroatoms. The molecule has 2 atom stereocenters. The third-order valence-corrected chi connectivity index (χ3v) is 3.31. The second-order valence-electron chi connectivity index (χ2n) is 4.73. The van der Waals surface area contributed by atoms with Gasteiger partial charge in [0.1, 0.15) is 6.17 Å². The highest BCUT2D eigenvalue weighted by Crippen LogP contribution is 2.26. The predicted octanol–water partition coefficient (Wildman–Crippen LogP) is 3.54. The molecule has 0 amide bonds. The van der Waals surface area contributed by atoms with Crippen molar-refractivity contribution in [3.8, 4) is 0 Å². The van der Waals surface area contributed by atoms with Gasteiger partial charge in [-0.15, -0.1) is 0 Å². The molecule has 2 rings (SSSR count). The van der Waals surface area contributed by atoms with Crippen LogP contribution in [-0.2, 0) is 0 Å². The van der Waals surface area contributed by atoms with Crippen molar-refractivity contribution in [2.24, 2.45) is 0 Å². The van der Waals surface area contributed by atoms with Gasteiger partial charge >= 0.3 is 0 Å². The van der Waals surface area contributed by atoms with Gasteiger partial charge in [0.25, 0.3) is 0 Å². The van der Waals surface area contributed by atoms with Crippen LogP contribution in [0.4, 0.5) is 4.39 Å². The molecule has 0 aromatic heterocycles. The van der Waals surface area contributed by atoms with Gasteiger partial charge in [-0.2, -0.15) is 0 Å². The van der Waals surface area contributed by atoms with E-state index in [-0.39, 0.29) is 6.04 Å². The molecule has 1 aromatic rings. The Morgan fingerprint density at radius 1 is 1.31 bits per heavy atom. The van der Waals surface area contributed by atoms with E-state index in [1.165, 1.54) is 12.8 Å². The summed E-state index contributed by atoms with van der Waals surface area (Å²) in [5.41, 5.74) is 1.95. The first-order valence-electron chi connectivity index (χ1n) is 6.21. The summed E-state index contributed by atoms with van der Waals surface area (Å²) < 4.78 is 14.3. The van der Waals surface area contributed by atoms with E-state index in [1.54, 1.807) is 0 Å². The van der Waals surface area contributed by atoms with Gasteiger partial charge in [0, 0.05) is 6.04 Å². The molecule has 2 unspecified atom stereocenters. The molecular weight excluding hydrogens is 201 g/mol. The van der Waals surface area contributed by atoms with Crippen molar-refractivity contribution in [2.75, 3.05) is 6.54 Å². The molecule has 0 aliphatic carbocycles. The summed E-state index contributed by atoms with van der Waals surface area (Å²) in [5, 5.41) is 3.32. The smallest absolute Gasteiger partial charge is 0.140 e. The van der Waals surface area contributed by atoms with Crippen molar-refractivity contribution in [3.63, 3.8) is 0 Å². The summed E-state index contributed by atoms with van der Waals surface area (Å²) in [7, 11) is 0. The SMILES string of the molecule is Cc1cccc(C(F)C2CCCCCN2)c1. The zero-order chi connectivity index (χ0) is 11.4. The number of benzene rings is 1. The Morgan fingerprint density at radius 3 is 3.00 bits per heavy atom. The first kappa shape index (κ1) is 11.6. The van der Waals surface area contributed by atoms with Crippen LogP contribution in [0, 0.1) is 6.92 Å². The van der Waals surface area contributed by atoms with Crippen molar-refractivity contribution >= 4 is 0 Å². The lowest BCUT2D eigenvalue weighted by molar-refractivity contribution is 0.249. The maximum Gasteiger partial charge on any atom is 0.140 e. The number of nitrogens with one attached hydrogen (secondary N) is 1. The summed E-state index contributed by atoms with van der Waals surface area (Å²) in [6.07, 6.45) is 3.64. The summed E-state index contributed by atoms with van der Waals surface area (Å²) in [5.74, 6) is 0. The Bertz CT molecular complexity index is 329. The van der Waals surface area contributed by atoms with Crippen LogP contribution in [0.25, 0.3) is 0 Å². The molecule has 1 heterocycles. The normalized spacial score (nSPS) is 23.8. The number of aryl methyl sites for hydroxylation is 1. The summed E-state index contributed by atoms with van der Waals surface area (Å²) in [4.78, 5) is 0. The summed E-state index contributed by atoms with van der Waals surface area (Å²) in [6.45, 7) is 2.97. The predicted molar refractivity (Wildman–Crippen MR) is 65.3 cm³/mol. The minimum Gasteiger partial charge on any atom is -0.311 e. The van der Waals surface area contributed by atoms with Gasteiger partial charge in [0.15, 0.2) is 0 Å². The van der Waals surface area contributed by atoms with E-state index in [1.807, 2.05) is 31.2 Å². The average molecular weight is 221 g/mol. The molecule has 1 fully saturated rings. The molecule has 1 aliphatic heterocycles. The fourth-order valence-corrected chi connectivity index (χ4v) is 2.38. The fraction of sp³-hybridized carbons (Fsp3) is 0.571. The maximum absolute atomic E-state index is 14.3. The molecule has 1 aliphatic rings. The molecule has 1 aromatic carbocycles. The van der Waals surface area contributed by atoms with E-state index in [0.29, 0.717) is 0 Å². The third-order valence-electron chi connectivity index (χ3n) is 3.31. The van der Waals surface area contributed by atoms with Crippen LogP contribution in [0.2, 0.25) is 0 Å². The molecule has 16 heavy (non-hydrogen) atoms. The maximum atomic E-state index is 14.3. The van der Waals surface area contributed by atoms with Crippen LogP contribution < -0.4 is 5.32 Å². The van der Waals surface area contributed by atoms with Crippen LogP contribution in [0.15, 0.2) is 24.3 Å². The lowest BCUT2D eigenvalue weighted by Crippen LogP contribution is -2.32.